The summed E-state index contributed by atoms with van der Waals surface area (Å²) in [6.45, 7) is 1.42. The number of ether oxygens (including phenoxy) is 1. The number of benzene rings is 1. The number of hydrogen-bond acceptors (Lipinski definition) is 3. The molecule has 4 nitrogen and oxygen atoms in total. The van der Waals surface area contributed by atoms with Crippen LogP contribution in [0.3, 0.4) is 0 Å². The highest BCUT2D eigenvalue weighted by Crippen LogP contribution is 2.22. The molecule has 0 unspecified atom stereocenters. The molecule has 1 aromatic heterocycles. The van der Waals surface area contributed by atoms with Crippen LogP contribution < -0.4 is 15.4 Å². The molecule has 2 N–H and O–H groups in total. The van der Waals surface area contributed by atoms with Crippen molar-refractivity contribution in [3.63, 3.8) is 0 Å². The highest BCUT2D eigenvalue weighted by Gasteiger charge is 2.05. The number of nitrogens with zero attached hydrogens (tertiary/aromatic N) is 1. The molecule has 1 aromatic carbocycles. The fourth-order valence-electron chi connectivity index (χ4n) is 1.87. The number of nitrogens with one attached hydrogen (secondary N) is 2. The van der Waals surface area contributed by atoms with Crippen LogP contribution in [0.5, 0.6) is 5.75 Å². The summed E-state index contributed by atoms with van der Waals surface area (Å²) >= 11 is 5.21. The molecular weight excluding hydrogens is 477 g/mol. The molecule has 0 aliphatic heterocycles. The fourth-order valence-corrected chi connectivity index (χ4v) is 2.92. The largest absolute Gasteiger partial charge is 0.496 e. The summed E-state index contributed by atoms with van der Waals surface area (Å²) in [5.74, 6) is 1.63. The van der Waals surface area contributed by atoms with E-state index in [0.717, 1.165) is 28.3 Å². The predicted molar refractivity (Wildman–Crippen MR) is 107 cm³/mol. The summed E-state index contributed by atoms with van der Waals surface area (Å²) in [4.78, 5) is 5.50. The van der Waals surface area contributed by atoms with Crippen molar-refractivity contribution >= 4 is 57.2 Å². The first-order valence-corrected chi connectivity index (χ1v) is 8.19. The predicted octanol–water partition coefficient (Wildman–Crippen LogP) is 4.00. The van der Waals surface area contributed by atoms with E-state index >= 15 is 0 Å². The Morgan fingerprint density at radius 2 is 2.05 bits per heavy atom. The lowest BCUT2D eigenvalue weighted by Crippen LogP contribution is -2.36. The van der Waals surface area contributed by atoms with E-state index in [2.05, 4.69) is 43.0 Å². The lowest BCUT2D eigenvalue weighted by atomic mass is 10.2. The number of thiophene rings is 1. The third-order valence-corrected chi connectivity index (χ3v) is 4.29. The molecule has 0 radical (unpaired) electrons. The topological polar surface area (TPSA) is 45.7 Å². The number of methoxy groups -OCH3 is 1. The Hall–Kier alpha value is -0.800. The van der Waals surface area contributed by atoms with E-state index in [4.69, 9.17) is 4.74 Å². The Bertz CT molecular complexity index is 605. The molecule has 22 heavy (non-hydrogen) atoms. The van der Waals surface area contributed by atoms with E-state index in [0.29, 0.717) is 6.54 Å². The summed E-state index contributed by atoms with van der Waals surface area (Å²) in [5.41, 5.74) is 1.07. The van der Waals surface area contributed by atoms with Gasteiger partial charge in [-0.25, -0.2) is 0 Å². The molecule has 0 atom stereocenters. The number of aliphatic imine (C=N–C) groups is 1. The number of halogens is 2. The SMILES string of the molecule is CN=C(NCc1cccs1)NCc1cc(Br)ccc1OC.I. The zero-order chi connectivity index (χ0) is 15.1. The van der Waals surface area contributed by atoms with E-state index in [-0.39, 0.29) is 24.0 Å². The molecular formula is C15H19BrIN3OS. The third kappa shape index (κ3) is 5.77. The molecule has 7 heteroatoms. The van der Waals surface area contributed by atoms with Gasteiger partial charge in [-0.05, 0) is 29.6 Å². The standard InChI is InChI=1S/C15H18BrN3OS.HI/c1-17-15(19-10-13-4-3-7-21-13)18-9-11-8-12(16)5-6-14(11)20-2;/h3-8H,9-10H2,1-2H3,(H2,17,18,19);1H. The van der Waals surface area contributed by atoms with Gasteiger partial charge in [-0.3, -0.25) is 4.99 Å². The first-order valence-electron chi connectivity index (χ1n) is 6.52. The van der Waals surface area contributed by atoms with Gasteiger partial charge in [0.05, 0.1) is 13.7 Å². The van der Waals surface area contributed by atoms with Gasteiger partial charge in [-0.2, -0.15) is 0 Å². The van der Waals surface area contributed by atoms with Crippen LogP contribution in [-0.2, 0) is 13.1 Å². The smallest absolute Gasteiger partial charge is 0.191 e. The van der Waals surface area contributed by atoms with Gasteiger partial charge in [-0.15, -0.1) is 35.3 Å². The molecule has 0 spiro atoms. The molecule has 0 saturated carbocycles. The van der Waals surface area contributed by atoms with Crippen molar-refractivity contribution in [2.75, 3.05) is 14.2 Å². The van der Waals surface area contributed by atoms with Crippen molar-refractivity contribution in [3.8, 4) is 5.75 Å². The van der Waals surface area contributed by atoms with Gasteiger partial charge >= 0.3 is 0 Å². The van der Waals surface area contributed by atoms with Crippen LogP contribution in [0.1, 0.15) is 10.4 Å². The fraction of sp³-hybridized carbons (Fsp3) is 0.267. The van der Waals surface area contributed by atoms with Gasteiger partial charge in [-0.1, -0.05) is 22.0 Å². The van der Waals surface area contributed by atoms with Crippen LogP contribution in [0.2, 0.25) is 0 Å². The monoisotopic (exact) mass is 495 g/mol. The number of rotatable bonds is 5. The third-order valence-electron chi connectivity index (χ3n) is 2.92. The van der Waals surface area contributed by atoms with Gasteiger partial charge in [0.2, 0.25) is 0 Å². The minimum atomic E-state index is 0. The second kappa shape index (κ2) is 10.1. The average Bonchev–Trinajstić information content (AvgIpc) is 3.01. The number of hydrogen-bond donors (Lipinski definition) is 2. The summed E-state index contributed by atoms with van der Waals surface area (Å²) in [5, 5.41) is 8.65. The van der Waals surface area contributed by atoms with Crippen LogP contribution in [-0.4, -0.2) is 20.1 Å². The molecule has 2 aromatic rings. The normalized spacial score (nSPS) is 10.8. The Morgan fingerprint density at radius 1 is 1.27 bits per heavy atom. The Labute approximate surface area is 160 Å². The zero-order valence-electron chi connectivity index (χ0n) is 12.4. The van der Waals surface area contributed by atoms with E-state index in [1.54, 1.807) is 25.5 Å². The van der Waals surface area contributed by atoms with Crippen LogP contribution in [0.4, 0.5) is 0 Å². The molecule has 0 aliphatic carbocycles. The Balaban J connectivity index is 0.00000242. The van der Waals surface area contributed by atoms with E-state index in [1.165, 1.54) is 4.88 Å². The van der Waals surface area contributed by atoms with Gasteiger partial charge in [0.25, 0.3) is 0 Å². The summed E-state index contributed by atoms with van der Waals surface area (Å²) in [6.07, 6.45) is 0. The maximum Gasteiger partial charge on any atom is 0.191 e. The van der Waals surface area contributed by atoms with Gasteiger partial charge in [0.15, 0.2) is 5.96 Å². The maximum atomic E-state index is 5.37. The minimum absolute atomic E-state index is 0. The van der Waals surface area contributed by atoms with Crippen molar-refractivity contribution in [1.29, 1.82) is 0 Å². The molecule has 0 amide bonds. The highest BCUT2D eigenvalue weighted by atomic mass is 127. The van der Waals surface area contributed by atoms with Crippen LogP contribution >= 0.6 is 51.2 Å². The lowest BCUT2D eigenvalue weighted by molar-refractivity contribution is 0.409. The number of guanidine groups is 1. The minimum Gasteiger partial charge on any atom is -0.496 e. The molecule has 0 bridgehead atoms. The van der Waals surface area contributed by atoms with Crippen molar-refractivity contribution in [1.82, 2.24) is 10.6 Å². The first kappa shape index (κ1) is 19.2. The highest BCUT2D eigenvalue weighted by molar-refractivity contribution is 14.0. The lowest BCUT2D eigenvalue weighted by Gasteiger charge is -2.13. The first-order chi connectivity index (χ1) is 10.2. The summed E-state index contributed by atoms with van der Waals surface area (Å²) in [7, 11) is 3.44. The maximum absolute atomic E-state index is 5.37. The molecule has 2 rings (SSSR count). The molecule has 0 fully saturated rings. The van der Waals surface area contributed by atoms with Crippen molar-refractivity contribution in [2.24, 2.45) is 4.99 Å². The van der Waals surface area contributed by atoms with Gasteiger partial charge in [0.1, 0.15) is 5.75 Å². The average molecular weight is 496 g/mol. The Kier molecular flexibility index (Phi) is 8.81. The second-order valence-corrected chi connectivity index (χ2v) is 6.26. The summed E-state index contributed by atoms with van der Waals surface area (Å²) < 4.78 is 6.39. The van der Waals surface area contributed by atoms with E-state index < -0.39 is 0 Å². The quantitative estimate of drug-likeness (QED) is 0.374. The van der Waals surface area contributed by atoms with Crippen LogP contribution in [0.25, 0.3) is 0 Å². The van der Waals surface area contributed by atoms with Crippen LogP contribution in [0.15, 0.2) is 45.2 Å². The Morgan fingerprint density at radius 3 is 2.68 bits per heavy atom. The molecule has 0 saturated heterocycles. The summed E-state index contributed by atoms with van der Waals surface area (Å²) in [6, 6.07) is 10.1. The van der Waals surface area contributed by atoms with Crippen molar-refractivity contribution < 1.29 is 4.74 Å². The van der Waals surface area contributed by atoms with Crippen molar-refractivity contribution in [3.05, 3.63) is 50.6 Å². The molecule has 0 aliphatic rings. The molecule has 120 valence electrons. The van der Waals surface area contributed by atoms with E-state index in [9.17, 15) is 0 Å². The van der Waals surface area contributed by atoms with Gasteiger partial charge < -0.3 is 15.4 Å². The zero-order valence-corrected chi connectivity index (χ0v) is 17.2. The van der Waals surface area contributed by atoms with E-state index in [1.807, 2.05) is 24.3 Å². The second-order valence-electron chi connectivity index (χ2n) is 4.31. The van der Waals surface area contributed by atoms with Gasteiger partial charge in [0, 0.05) is 28.5 Å². The molecule has 1 heterocycles. The van der Waals surface area contributed by atoms with Crippen LogP contribution in [0, 0.1) is 0 Å². The van der Waals surface area contributed by atoms with Crippen molar-refractivity contribution in [2.45, 2.75) is 13.1 Å².